The second-order valence-corrected chi connectivity index (χ2v) is 6.03. The number of hydrogen-bond donors (Lipinski definition) is 2. The molecule has 7 nitrogen and oxygen atoms in total. The largest absolute Gasteiger partial charge is 0.464 e. The molecule has 0 amide bonds. The molecule has 24 heavy (non-hydrogen) atoms. The van der Waals surface area contributed by atoms with Gasteiger partial charge >= 0.3 is 0 Å². The van der Waals surface area contributed by atoms with Gasteiger partial charge in [-0.05, 0) is 32.9 Å². The highest BCUT2D eigenvalue weighted by atomic mass is 16.5. The van der Waals surface area contributed by atoms with Gasteiger partial charge in [-0.15, -0.1) is 0 Å². The molecule has 0 aliphatic rings. The third-order valence-electron chi connectivity index (χ3n) is 3.48. The average Bonchev–Trinajstić information content (AvgIpc) is 3.16. The van der Waals surface area contributed by atoms with E-state index in [4.69, 9.17) is 8.94 Å². The minimum absolute atomic E-state index is 0.0347. The van der Waals surface area contributed by atoms with Crippen LogP contribution in [0.3, 0.4) is 0 Å². The van der Waals surface area contributed by atoms with Crippen LogP contribution in [0.1, 0.15) is 62.9 Å². The average molecular weight is 333 g/mol. The molecular formula is C17H27N5O2. The summed E-state index contributed by atoms with van der Waals surface area (Å²) in [6, 6.07) is 3.97. The van der Waals surface area contributed by atoms with Crippen LogP contribution in [-0.4, -0.2) is 29.2 Å². The second kappa shape index (κ2) is 8.52. The van der Waals surface area contributed by atoms with Crippen LogP contribution in [0.2, 0.25) is 0 Å². The molecule has 7 heteroatoms. The number of aromatic nitrogens is 2. The first kappa shape index (κ1) is 18.0. The molecule has 2 aromatic rings. The summed E-state index contributed by atoms with van der Waals surface area (Å²) in [6.45, 7) is 11.4. The highest BCUT2D eigenvalue weighted by Gasteiger charge is 2.12. The van der Waals surface area contributed by atoms with Crippen molar-refractivity contribution in [1.29, 1.82) is 0 Å². The number of aliphatic imine (C=N–C) groups is 1. The molecule has 0 fully saturated rings. The molecule has 2 rings (SSSR count). The van der Waals surface area contributed by atoms with Crippen LogP contribution >= 0.6 is 0 Å². The van der Waals surface area contributed by atoms with Gasteiger partial charge in [-0.1, -0.05) is 19.0 Å². The molecule has 132 valence electrons. The van der Waals surface area contributed by atoms with Crippen molar-refractivity contribution in [1.82, 2.24) is 20.8 Å². The lowest BCUT2D eigenvalue weighted by molar-refractivity contribution is 0.372. The third-order valence-corrected chi connectivity index (χ3v) is 3.48. The molecule has 0 bridgehead atoms. The van der Waals surface area contributed by atoms with Gasteiger partial charge in [0.05, 0.1) is 12.6 Å². The normalized spacial score (nSPS) is 13.3. The first-order chi connectivity index (χ1) is 11.5. The number of nitrogens with one attached hydrogen (secondary N) is 2. The minimum atomic E-state index is 0.0347. The van der Waals surface area contributed by atoms with Crippen LogP contribution in [-0.2, 0) is 6.42 Å². The predicted molar refractivity (Wildman–Crippen MR) is 93.1 cm³/mol. The Kier molecular flexibility index (Phi) is 6.40. The van der Waals surface area contributed by atoms with Gasteiger partial charge in [0.1, 0.15) is 11.5 Å². The standard InChI is InChI=1S/C17H27N5O2/c1-6-18-17(20-13(5)14-8-7-12(4)23-14)19-10-9-15-21-16(11(2)3)22-24-15/h7-8,11,13H,6,9-10H2,1-5H3,(H2,18,19,20). The van der Waals surface area contributed by atoms with Crippen molar-refractivity contribution in [3.8, 4) is 0 Å². The van der Waals surface area contributed by atoms with Gasteiger partial charge in [-0.25, -0.2) is 0 Å². The molecule has 0 spiro atoms. The fraction of sp³-hybridized carbons (Fsp3) is 0.588. The maximum absolute atomic E-state index is 5.64. The predicted octanol–water partition coefficient (Wildman–Crippen LogP) is 2.95. The lowest BCUT2D eigenvalue weighted by Gasteiger charge is -2.16. The third kappa shape index (κ3) is 5.11. The Labute approximate surface area is 142 Å². The van der Waals surface area contributed by atoms with Crippen LogP contribution in [0.15, 0.2) is 26.1 Å². The Bertz CT molecular complexity index is 659. The molecule has 0 aliphatic carbocycles. The molecule has 0 aromatic carbocycles. The molecule has 0 saturated heterocycles. The van der Waals surface area contributed by atoms with Crippen LogP contribution in [0.4, 0.5) is 0 Å². The van der Waals surface area contributed by atoms with Crippen molar-refractivity contribution in [3.05, 3.63) is 35.4 Å². The Morgan fingerprint density at radius 3 is 2.67 bits per heavy atom. The van der Waals surface area contributed by atoms with Crippen LogP contribution in [0, 0.1) is 6.92 Å². The van der Waals surface area contributed by atoms with E-state index in [1.807, 2.05) is 46.8 Å². The van der Waals surface area contributed by atoms with E-state index in [2.05, 4.69) is 25.8 Å². The molecule has 2 heterocycles. The van der Waals surface area contributed by atoms with E-state index in [-0.39, 0.29) is 12.0 Å². The van der Waals surface area contributed by atoms with Crippen molar-refractivity contribution in [2.45, 2.75) is 53.0 Å². The Balaban J connectivity index is 1.92. The molecular weight excluding hydrogens is 306 g/mol. The summed E-state index contributed by atoms with van der Waals surface area (Å²) in [6.07, 6.45) is 0.616. The van der Waals surface area contributed by atoms with Gasteiger partial charge in [0.2, 0.25) is 5.89 Å². The van der Waals surface area contributed by atoms with Crippen LogP contribution < -0.4 is 10.6 Å². The van der Waals surface area contributed by atoms with Crippen molar-refractivity contribution >= 4 is 5.96 Å². The zero-order valence-corrected chi connectivity index (χ0v) is 15.1. The lowest BCUT2D eigenvalue weighted by atomic mass is 10.2. The van der Waals surface area contributed by atoms with Gasteiger partial charge in [0, 0.05) is 18.9 Å². The summed E-state index contributed by atoms with van der Waals surface area (Å²) in [4.78, 5) is 8.92. The van der Waals surface area contributed by atoms with E-state index in [0.717, 1.165) is 29.8 Å². The summed E-state index contributed by atoms with van der Waals surface area (Å²) in [7, 11) is 0. The summed E-state index contributed by atoms with van der Waals surface area (Å²) in [5, 5.41) is 10.5. The first-order valence-corrected chi connectivity index (χ1v) is 8.43. The summed E-state index contributed by atoms with van der Waals surface area (Å²) < 4.78 is 10.9. The summed E-state index contributed by atoms with van der Waals surface area (Å²) >= 11 is 0. The van der Waals surface area contributed by atoms with Crippen molar-refractivity contribution in [2.75, 3.05) is 13.1 Å². The van der Waals surface area contributed by atoms with Crippen LogP contribution in [0.5, 0.6) is 0 Å². The molecule has 2 N–H and O–H groups in total. The minimum Gasteiger partial charge on any atom is -0.464 e. The van der Waals surface area contributed by atoms with Crippen molar-refractivity contribution < 1.29 is 8.94 Å². The van der Waals surface area contributed by atoms with E-state index < -0.39 is 0 Å². The number of aryl methyl sites for hydroxylation is 1. The first-order valence-electron chi connectivity index (χ1n) is 8.43. The number of hydrogen-bond acceptors (Lipinski definition) is 5. The van der Waals surface area contributed by atoms with Gasteiger partial charge in [0.25, 0.3) is 0 Å². The number of furan rings is 1. The second-order valence-electron chi connectivity index (χ2n) is 6.03. The van der Waals surface area contributed by atoms with E-state index in [1.54, 1.807) is 0 Å². The van der Waals surface area contributed by atoms with Gasteiger partial charge in [-0.2, -0.15) is 4.98 Å². The molecule has 0 aliphatic heterocycles. The number of nitrogens with zero attached hydrogens (tertiary/aromatic N) is 3. The van der Waals surface area contributed by atoms with E-state index >= 15 is 0 Å². The Morgan fingerprint density at radius 2 is 2.08 bits per heavy atom. The van der Waals surface area contributed by atoms with Gasteiger partial charge < -0.3 is 19.6 Å². The van der Waals surface area contributed by atoms with Crippen molar-refractivity contribution in [3.63, 3.8) is 0 Å². The maximum atomic E-state index is 5.64. The Morgan fingerprint density at radius 1 is 1.29 bits per heavy atom. The maximum Gasteiger partial charge on any atom is 0.228 e. The topological polar surface area (TPSA) is 88.5 Å². The Hall–Kier alpha value is -2.31. The zero-order valence-electron chi connectivity index (χ0n) is 15.1. The fourth-order valence-electron chi connectivity index (χ4n) is 2.15. The molecule has 0 radical (unpaired) electrons. The van der Waals surface area contributed by atoms with Gasteiger partial charge in [0.15, 0.2) is 11.8 Å². The number of rotatable bonds is 7. The molecule has 1 unspecified atom stereocenters. The number of guanidine groups is 1. The van der Waals surface area contributed by atoms with Crippen LogP contribution in [0.25, 0.3) is 0 Å². The fourth-order valence-corrected chi connectivity index (χ4v) is 2.15. The monoisotopic (exact) mass is 333 g/mol. The van der Waals surface area contributed by atoms with E-state index in [0.29, 0.717) is 18.9 Å². The highest BCUT2D eigenvalue weighted by Crippen LogP contribution is 2.15. The quantitative estimate of drug-likeness (QED) is 0.598. The smallest absolute Gasteiger partial charge is 0.228 e. The zero-order chi connectivity index (χ0) is 17.5. The SMILES string of the molecule is CCNC(=NCCc1nc(C(C)C)no1)NC(C)c1ccc(C)o1. The lowest BCUT2D eigenvalue weighted by Crippen LogP contribution is -2.38. The summed E-state index contributed by atoms with van der Waals surface area (Å²) in [5.74, 6) is 4.15. The molecule has 0 saturated carbocycles. The highest BCUT2D eigenvalue weighted by molar-refractivity contribution is 5.80. The van der Waals surface area contributed by atoms with E-state index in [1.165, 1.54) is 0 Å². The summed E-state index contributed by atoms with van der Waals surface area (Å²) in [5.41, 5.74) is 0. The molecule has 2 aromatic heterocycles. The van der Waals surface area contributed by atoms with E-state index in [9.17, 15) is 0 Å². The van der Waals surface area contributed by atoms with Crippen molar-refractivity contribution in [2.24, 2.45) is 4.99 Å². The van der Waals surface area contributed by atoms with Gasteiger partial charge in [-0.3, -0.25) is 4.99 Å². The molecule has 1 atom stereocenters.